The van der Waals surface area contributed by atoms with Crippen molar-refractivity contribution in [3.05, 3.63) is 218 Å². The summed E-state index contributed by atoms with van der Waals surface area (Å²) in [5.74, 6) is 0. The number of furan rings is 2. The van der Waals surface area contributed by atoms with Crippen LogP contribution in [-0.2, 0) is 0 Å². The first-order valence-electron chi connectivity index (χ1n) is 20.0. The number of rotatable bonds is 10. The van der Waals surface area contributed by atoms with Crippen molar-refractivity contribution in [2.75, 3.05) is 15.1 Å². The molecule has 0 radical (unpaired) electrons. The summed E-state index contributed by atoms with van der Waals surface area (Å²) in [4.78, 5) is 6.95. The number of fused-ring (bicyclic) bond motifs is 6. The highest BCUT2D eigenvalue weighted by molar-refractivity contribution is 7.99. The minimum absolute atomic E-state index is 0.803. The summed E-state index contributed by atoms with van der Waals surface area (Å²) < 4.78 is 13.2. The zero-order chi connectivity index (χ0) is 39.8. The molecule has 0 unspecified atom stereocenters. The summed E-state index contributed by atoms with van der Waals surface area (Å²) in [6.45, 7) is 0. The first-order valence-corrected chi connectivity index (χ1v) is 20.8. The molecule has 0 spiro atoms. The summed E-state index contributed by atoms with van der Waals surface area (Å²) in [7, 11) is 0. The van der Waals surface area contributed by atoms with Gasteiger partial charge < -0.3 is 24.0 Å². The van der Waals surface area contributed by atoms with Crippen LogP contribution < -0.4 is 15.1 Å². The summed E-state index contributed by atoms with van der Waals surface area (Å²) in [5, 5.41) is 7.96. The number of anilines is 8. The molecule has 1 N–H and O–H groups in total. The molecule has 9 aromatic carbocycles. The molecule has 0 aliphatic rings. The third-order valence-corrected chi connectivity index (χ3v) is 11.8. The normalized spacial score (nSPS) is 11.4. The van der Waals surface area contributed by atoms with Gasteiger partial charge >= 0.3 is 0 Å². The maximum atomic E-state index is 6.63. The molecular weight excluding hydrogens is 755 g/mol. The van der Waals surface area contributed by atoms with Gasteiger partial charge in [-0.15, -0.1) is 0 Å². The number of para-hydroxylation sites is 5. The smallest absolute Gasteiger partial charge is 0.139 e. The molecule has 60 heavy (non-hydrogen) atoms. The molecule has 5 nitrogen and oxygen atoms in total. The van der Waals surface area contributed by atoms with E-state index < -0.39 is 0 Å². The van der Waals surface area contributed by atoms with Crippen LogP contribution >= 0.6 is 11.8 Å². The van der Waals surface area contributed by atoms with Crippen molar-refractivity contribution in [1.82, 2.24) is 0 Å². The molecule has 11 aromatic rings. The second kappa shape index (κ2) is 15.3. The molecule has 0 atom stereocenters. The van der Waals surface area contributed by atoms with Crippen molar-refractivity contribution in [3.8, 4) is 0 Å². The number of hydrogen-bond acceptors (Lipinski definition) is 6. The quantitative estimate of drug-likeness (QED) is 0.149. The van der Waals surface area contributed by atoms with Gasteiger partial charge in [0.2, 0.25) is 0 Å². The lowest BCUT2D eigenvalue weighted by Crippen LogP contribution is -2.13. The monoisotopic (exact) mass is 791 g/mol. The van der Waals surface area contributed by atoms with Gasteiger partial charge in [-0.3, -0.25) is 0 Å². The third kappa shape index (κ3) is 6.59. The van der Waals surface area contributed by atoms with E-state index in [0.717, 1.165) is 99.2 Å². The van der Waals surface area contributed by atoms with Crippen LogP contribution in [0, 0.1) is 0 Å². The first-order chi connectivity index (χ1) is 29.7. The molecule has 0 aliphatic heterocycles. The largest absolute Gasteiger partial charge is 0.456 e. The molecule has 0 saturated carbocycles. The Kier molecular flexibility index (Phi) is 9.02. The van der Waals surface area contributed by atoms with E-state index in [0.29, 0.717) is 0 Å². The Morgan fingerprint density at radius 2 is 0.867 bits per heavy atom. The van der Waals surface area contributed by atoms with Gasteiger partial charge in [0.25, 0.3) is 0 Å². The molecule has 6 heteroatoms. The highest BCUT2D eigenvalue weighted by Gasteiger charge is 2.24. The van der Waals surface area contributed by atoms with E-state index in [4.69, 9.17) is 8.83 Å². The number of nitrogens with one attached hydrogen (secondary N) is 1. The van der Waals surface area contributed by atoms with Crippen molar-refractivity contribution in [1.29, 1.82) is 0 Å². The van der Waals surface area contributed by atoms with Crippen LogP contribution in [0.15, 0.2) is 237 Å². The SMILES string of the molecule is c1ccc(Nc2cc(N(c3ccccc3)c3cccc(N(c4ccccc4)c4cc(Sc5ccccc5)c5c(c4)oc4ccccc45)c3)c3c(c2)oc2ccccc23)cc1. The fourth-order valence-corrected chi connectivity index (χ4v) is 9.24. The van der Waals surface area contributed by atoms with Crippen molar-refractivity contribution in [2.24, 2.45) is 0 Å². The Labute approximate surface area is 351 Å². The lowest BCUT2D eigenvalue weighted by Gasteiger charge is -2.30. The Bertz CT molecular complexity index is 3270. The lowest BCUT2D eigenvalue weighted by atomic mass is 10.1. The zero-order valence-corrected chi connectivity index (χ0v) is 33.2. The fourth-order valence-electron chi connectivity index (χ4n) is 8.20. The molecule has 0 saturated heterocycles. The standard InChI is InChI=1S/C54H37N3O2S/c1-5-18-37(19-6-1)55-38-32-47(53-45-28-13-15-30-48(45)58-50(53)33-38)57(40-22-9-3-10-23-40)42-25-17-24-41(34-42)56(39-20-7-2-8-21-39)43-35-51-54(46-29-14-16-31-49(46)59-51)52(36-43)60-44-26-11-4-12-27-44/h1-36,55H. The average Bonchev–Trinajstić information content (AvgIpc) is 3.87. The first kappa shape index (κ1) is 35.5. The Morgan fingerprint density at radius 1 is 0.350 bits per heavy atom. The Hall–Kier alpha value is -7.67. The summed E-state index contributed by atoms with van der Waals surface area (Å²) in [6, 6.07) is 76.1. The second-order valence-electron chi connectivity index (χ2n) is 14.6. The van der Waals surface area contributed by atoms with Gasteiger partial charge in [0.15, 0.2) is 0 Å². The molecule has 2 aromatic heterocycles. The van der Waals surface area contributed by atoms with Gasteiger partial charge in [-0.1, -0.05) is 127 Å². The highest BCUT2D eigenvalue weighted by Crippen LogP contribution is 2.48. The maximum absolute atomic E-state index is 6.63. The predicted octanol–water partition coefficient (Wildman–Crippen LogP) is 16.3. The summed E-state index contributed by atoms with van der Waals surface area (Å²) >= 11 is 1.76. The van der Waals surface area contributed by atoms with Crippen LogP contribution in [-0.4, -0.2) is 0 Å². The Balaban J connectivity index is 1.12. The van der Waals surface area contributed by atoms with Crippen LogP contribution in [0.4, 0.5) is 45.5 Å². The fraction of sp³-hybridized carbons (Fsp3) is 0. The van der Waals surface area contributed by atoms with Crippen LogP contribution in [0.1, 0.15) is 0 Å². The second-order valence-corrected chi connectivity index (χ2v) is 15.8. The minimum atomic E-state index is 0.803. The molecule has 286 valence electrons. The van der Waals surface area contributed by atoms with Gasteiger partial charge in [0.05, 0.1) is 16.8 Å². The Morgan fingerprint density at radius 3 is 1.53 bits per heavy atom. The van der Waals surface area contributed by atoms with Crippen LogP contribution in [0.25, 0.3) is 43.9 Å². The number of benzene rings is 9. The van der Waals surface area contributed by atoms with Crippen LogP contribution in [0.3, 0.4) is 0 Å². The maximum Gasteiger partial charge on any atom is 0.139 e. The van der Waals surface area contributed by atoms with E-state index in [-0.39, 0.29) is 0 Å². The van der Waals surface area contributed by atoms with Gasteiger partial charge in [0, 0.05) is 72.2 Å². The summed E-state index contributed by atoms with van der Waals surface area (Å²) in [5.41, 5.74) is 11.3. The van der Waals surface area contributed by atoms with E-state index in [1.165, 1.54) is 0 Å². The van der Waals surface area contributed by atoms with Crippen LogP contribution in [0.2, 0.25) is 0 Å². The predicted molar refractivity (Wildman–Crippen MR) is 251 cm³/mol. The lowest BCUT2D eigenvalue weighted by molar-refractivity contribution is 0.668. The molecule has 0 aliphatic carbocycles. The topological polar surface area (TPSA) is 44.8 Å². The minimum Gasteiger partial charge on any atom is -0.456 e. The molecule has 0 amide bonds. The van der Waals surface area contributed by atoms with Crippen molar-refractivity contribution < 1.29 is 8.83 Å². The molecule has 0 fully saturated rings. The van der Waals surface area contributed by atoms with E-state index in [2.05, 4.69) is 191 Å². The van der Waals surface area contributed by atoms with Crippen molar-refractivity contribution in [2.45, 2.75) is 9.79 Å². The molecule has 2 heterocycles. The van der Waals surface area contributed by atoms with E-state index in [1.807, 2.05) is 42.5 Å². The summed E-state index contributed by atoms with van der Waals surface area (Å²) in [6.07, 6.45) is 0. The van der Waals surface area contributed by atoms with Gasteiger partial charge in [0.1, 0.15) is 22.3 Å². The third-order valence-electron chi connectivity index (χ3n) is 10.8. The number of nitrogens with zero attached hydrogens (tertiary/aromatic N) is 2. The van der Waals surface area contributed by atoms with E-state index in [1.54, 1.807) is 11.8 Å². The van der Waals surface area contributed by atoms with Gasteiger partial charge in [-0.2, -0.15) is 0 Å². The van der Waals surface area contributed by atoms with Crippen molar-refractivity contribution in [3.63, 3.8) is 0 Å². The van der Waals surface area contributed by atoms with E-state index in [9.17, 15) is 0 Å². The van der Waals surface area contributed by atoms with Gasteiger partial charge in [-0.05, 0) is 91.0 Å². The zero-order valence-electron chi connectivity index (χ0n) is 32.4. The highest BCUT2D eigenvalue weighted by atomic mass is 32.2. The average molecular weight is 792 g/mol. The molecule has 0 bridgehead atoms. The van der Waals surface area contributed by atoms with E-state index >= 15 is 0 Å². The van der Waals surface area contributed by atoms with Crippen molar-refractivity contribution >= 4 is 101 Å². The van der Waals surface area contributed by atoms with Gasteiger partial charge in [-0.25, -0.2) is 0 Å². The number of hydrogen-bond donors (Lipinski definition) is 1. The van der Waals surface area contributed by atoms with Crippen LogP contribution in [0.5, 0.6) is 0 Å². The molecular formula is C54H37N3O2S. The molecule has 11 rings (SSSR count).